The minimum atomic E-state index is 0.405. The summed E-state index contributed by atoms with van der Waals surface area (Å²) in [6, 6.07) is 0. The monoisotopic (exact) mass is 160 g/mol. The largest absolute Gasteiger partial charge is 0.373 e. The quantitative estimate of drug-likeness (QED) is 0.323. The maximum Gasteiger partial charge on any atom is 0.104 e. The lowest BCUT2D eigenvalue weighted by atomic mass is 10.5. The van der Waals surface area contributed by atoms with Crippen LogP contribution in [0, 0.1) is 0 Å². The molecule has 3 nitrogen and oxygen atoms in total. The Balaban J connectivity index is 1.87. The molecular formula is C8H18NO2+. The predicted molar refractivity (Wildman–Crippen MR) is 43.5 cm³/mol. The van der Waals surface area contributed by atoms with E-state index in [1.165, 1.54) is 0 Å². The molecule has 0 aromatic rings. The van der Waals surface area contributed by atoms with Crippen LogP contribution in [-0.4, -0.2) is 58.1 Å². The molecule has 1 unspecified atom stereocenters. The highest BCUT2D eigenvalue weighted by atomic mass is 16.6. The van der Waals surface area contributed by atoms with Crippen molar-refractivity contribution in [3.8, 4) is 0 Å². The van der Waals surface area contributed by atoms with Gasteiger partial charge in [-0.25, -0.2) is 0 Å². The summed E-state index contributed by atoms with van der Waals surface area (Å²) in [6.45, 7) is 3.57. The summed E-state index contributed by atoms with van der Waals surface area (Å²) in [7, 11) is 6.49. The summed E-state index contributed by atoms with van der Waals surface area (Å²) in [5.41, 5.74) is 0. The number of likely N-dealkylation sites (N-methyl/N-ethyl adjacent to an activating group) is 1. The van der Waals surface area contributed by atoms with Gasteiger partial charge in [0.25, 0.3) is 0 Å². The smallest absolute Gasteiger partial charge is 0.104 e. The molecule has 0 aromatic carbocycles. The molecule has 0 aromatic heterocycles. The van der Waals surface area contributed by atoms with Gasteiger partial charge in [-0.2, -0.15) is 0 Å². The summed E-state index contributed by atoms with van der Waals surface area (Å²) < 4.78 is 11.4. The van der Waals surface area contributed by atoms with Crippen molar-refractivity contribution in [2.75, 3.05) is 47.5 Å². The second kappa shape index (κ2) is 3.52. The molecule has 1 aliphatic heterocycles. The fourth-order valence-corrected chi connectivity index (χ4v) is 0.717. The first-order chi connectivity index (χ1) is 5.08. The summed E-state index contributed by atoms with van der Waals surface area (Å²) in [5.74, 6) is 0. The van der Waals surface area contributed by atoms with E-state index < -0.39 is 0 Å². The number of epoxide rings is 1. The Kier molecular flexibility index (Phi) is 2.87. The molecule has 0 bridgehead atoms. The average molecular weight is 160 g/mol. The summed E-state index contributed by atoms with van der Waals surface area (Å²) in [4.78, 5) is 0. The van der Waals surface area contributed by atoms with Gasteiger partial charge in [0.1, 0.15) is 12.6 Å². The molecule has 1 heterocycles. The van der Waals surface area contributed by atoms with Gasteiger partial charge >= 0.3 is 0 Å². The van der Waals surface area contributed by atoms with Crippen LogP contribution in [-0.2, 0) is 9.47 Å². The Morgan fingerprint density at radius 3 is 2.55 bits per heavy atom. The number of rotatable bonds is 5. The maximum atomic E-state index is 5.39. The van der Waals surface area contributed by atoms with E-state index in [1.54, 1.807) is 0 Å². The van der Waals surface area contributed by atoms with E-state index in [1.807, 2.05) is 0 Å². The van der Waals surface area contributed by atoms with Crippen LogP contribution in [0.3, 0.4) is 0 Å². The van der Waals surface area contributed by atoms with Gasteiger partial charge < -0.3 is 14.0 Å². The van der Waals surface area contributed by atoms with Gasteiger partial charge in [0.2, 0.25) is 0 Å². The molecule has 1 fully saturated rings. The predicted octanol–water partition coefficient (Wildman–Crippen LogP) is 0.108. The van der Waals surface area contributed by atoms with E-state index in [0.717, 1.165) is 30.8 Å². The molecule has 66 valence electrons. The number of hydrogen-bond acceptors (Lipinski definition) is 2. The van der Waals surface area contributed by atoms with Crippen molar-refractivity contribution in [1.82, 2.24) is 0 Å². The van der Waals surface area contributed by atoms with E-state index in [2.05, 4.69) is 21.1 Å². The van der Waals surface area contributed by atoms with Gasteiger partial charge in [-0.3, -0.25) is 0 Å². The Labute approximate surface area is 68.5 Å². The van der Waals surface area contributed by atoms with Crippen molar-refractivity contribution in [3.05, 3.63) is 0 Å². The molecule has 0 N–H and O–H groups in total. The van der Waals surface area contributed by atoms with Gasteiger partial charge in [0.05, 0.1) is 41.0 Å². The summed E-state index contributed by atoms with van der Waals surface area (Å²) >= 11 is 0. The Bertz CT molecular complexity index is 116. The molecule has 1 aliphatic rings. The topological polar surface area (TPSA) is 21.8 Å². The first-order valence-electron chi connectivity index (χ1n) is 4.08. The van der Waals surface area contributed by atoms with Crippen LogP contribution in [0.15, 0.2) is 0 Å². The maximum absolute atomic E-state index is 5.39. The lowest BCUT2D eigenvalue weighted by molar-refractivity contribution is -0.870. The van der Waals surface area contributed by atoms with E-state index in [-0.39, 0.29) is 0 Å². The van der Waals surface area contributed by atoms with E-state index in [9.17, 15) is 0 Å². The van der Waals surface area contributed by atoms with Crippen molar-refractivity contribution in [3.63, 3.8) is 0 Å². The third-order valence-corrected chi connectivity index (χ3v) is 1.61. The molecule has 1 rings (SSSR count). The van der Waals surface area contributed by atoms with Crippen molar-refractivity contribution in [2.45, 2.75) is 6.10 Å². The highest BCUT2D eigenvalue weighted by Crippen LogP contribution is 2.08. The van der Waals surface area contributed by atoms with Gasteiger partial charge in [-0.1, -0.05) is 0 Å². The Hall–Kier alpha value is -0.120. The number of quaternary nitrogens is 1. The molecule has 0 spiro atoms. The zero-order valence-corrected chi connectivity index (χ0v) is 7.67. The number of ether oxygens (including phenoxy) is 2. The molecule has 0 amide bonds. The van der Waals surface area contributed by atoms with Gasteiger partial charge in [0, 0.05) is 0 Å². The molecular weight excluding hydrogens is 142 g/mol. The van der Waals surface area contributed by atoms with Crippen LogP contribution >= 0.6 is 0 Å². The normalized spacial score (nSPS) is 23.7. The highest BCUT2D eigenvalue weighted by molar-refractivity contribution is 4.66. The minimum absolute atomic E-state index is 0.405. The summed E-state index contributed by atoms with van der Waals surface area (Å²) in [6.07, 6.45) is 0.405. The van der Waals surface area contributed by atoms with Crippen LogP contribution in [0.1, 0.15) is 0 Å². The van der Waals surface area contributed by atoms with Crippen LogP contribution in [0.4, 0.5) is 0 Å². The van der Waals surface area contributed by atoms with Crippen LogP contribution < -0.4 is 0 Å². The van der Waals surface area contributed by atoms with Crippen molar-refractivity contribution in [1.29, 1.82) is 0 Å². The minimum Gasteiger partial charge on any atom is -0.373 e. The highest BCUT2D eigenvalue weighted by Gasteiger charge is 2.22. The third kappa shape index (κ3) is 5.18. The van der Waals surface area contributed by atoms with Crippen molar-refractivity contribution in [2.24, 2.45) is 0 Å². The Morgan fingerprint density at radius 2 is 2.09 bits per heavy atom. The van der Waals surface area contributed by atoms with Gasteiger partial charge in [0.15, 0.2) is 0 Å². The molecule has 3 heteroatoms. The zero-order chi connectivity index (χ0) is 8.32. The van der Waals surface area contributed by atoms with Crippen LogP contribution in [0.5, 0.6) is 0 Å². The Morgan fingerprint density at radius 1 is 1.45 bits per heavy atom. The molecule has 0 aliphatic carbocycles. The first-order valence-corrected chi connectivity index (χ1v) is 4.08. The standard InChI is InChI=1S/C8H18NO2/c1-9(2,3)4-5-10-6-8-7-11-8/h8H,4-7H2,1-3H3/q+1. The molecule has 11 heavy (non-hydrogen) atoms. The molecule has 1 saturated heterocycles. The van der Waals surface area contributed by atoms with E-state index in [0.29, 0.717) is 6.10 Å². The van der Waals surface area contributed by atoms with Crippen LogP contribution in [0.25, 0.3) is 0 Å². The van der Waals surface area contributed by atoms with Crippen molar-refractivity contribution < 1.29 is 14.0 Å². The number of hydrogen-bond donors (Lipinski definition) is 0. The second-order valence-corrected chi connectivity index (χ2v) is 4.04. The first kappa shape index (κ1) is 8.97. The van der Waals surface area contributed by atoms with Crippen molar-refractivity contribution >= 4 is 0 Å². The van der Waals surface area contributed by atoms with Gasteiger partial charge in [-0.05, 0) is 0 Å². The van der Waals surface area contributed by atoms with Crippen LogP contribution in [0.2, 0.25) is 0 Å². The second-order valence-electron chi connectivity index (χ2n) is 4.04. The average Bonchev–Trinajstić information content (AvgIpc) is 2.60. The van der Waals surface area contributed by atoms with E-state index >= 15 is 0 Å². The van der Waals surface area contributed by atoms with E-state index in [4.69, 9.17) is 9.47 Å². The lowest BCUT2D eigenvalue weighted by Gasteiger charge is -2.23. The fraction of sp³-hybridized carbons (Fsp3) is 1.00. The zero-order valence-electron chi connectivity index (χ0n) is 7.67. The lowest BCUT2D eigenvalue weighted by Crippen LogP contribution is -2.37. The number of nitrogens with zero attached hydrogens (tertiary/aromatic N) is 1. The molecule has 0 saturated carbocycles. The summed E-state index contributed by atoms with van der Waals surface area (Å²) in [5, 5.41) is 0. The molecule has 0 radical (unpaired) electrons. The fourth-order valence-electron chi connectivity index (χ4n) is 0.717. The molecule has 1 atom stereocenters. The SMILES string of the molecule is C[N+](C)(C)CCOCC1CO1. The van der Waals surface area contributed by atoms with Gasteiger partial charge in [-0.15, -0.1) is 0 Å². The third-order valence-electron chi connectivity index (χ3n) is 1.61.